The molecule has 0 unspecified atom stereocenters. The molecule has 0 spiro atoms. The number of carbonyl (C=O) groups is 1. The molecule has 0 fully saturated rings. The molecule has 0 bridgehead atoms. The maximum atomic E-state index is 12.4. The molecule has 2 heterocycles. The van der Waals surface area contributed by atoms with Crippen molar-refractivity contribution in [1.82, 2.24) is 9.55 Å². The summed E-state index contributed by atoms with van der Waals surface area (Å²) in [6.07, 6.45) is 6.13. The van der Waals surface area contributed by atoms with Crippen LogP contribution in [-0.2, 0) is 17.8 Å². The van der Waals surface area contributed by atoms with E-state index in [1.807, 2.05) is 30.2 Å². The van der Waals surface area contributed by atoms with Crippen LogP contribution in [0.25, 0.3) is 0 Å². The summed E-state index contributed by atoms with van der Waals surface area (Å²) in [6.45, 7) is 3.63. The summed E-state index contributed by atoms with van der Waals surface area (Å²) < 4.78 is 3.11. The Morgan fingerprint density at radius 3 is 3.05 bits per heavy atom. The number of carbonyl (C=O) groups excluding carboxylic acids is 1. The number of hydrogen-bond donors (Lipinski definition) is 0. The van der Waals surface area contributed by atoms with E-state index in [9.17, 15) is 4.79 Å². The summed E-state index contributed by atoms with van der Waals surface area (Å²) in [6, 6.07) is 6.18. The zero-order chi connectivity index (χ0) is 14.8. The van der Waals surface area contributed by atoms with Crippen molar-refractivity contribution < 1.29 is 4.79 Å². The molecule has 1 aliphatic rings. The molecule has 1 aromatic heterocycles. The molecule has 0 saturated heterocycles. The third-order valence-corrected chi connectivity index (χ3v) is 4.45. The second-order valence-corrected chi connectivity index (χ2v) is 6.26. The van der Waals surface area contributed by atoms with E-state index in [-0.39, 0.29) is 5.91 Å². The highest BCUT2D eigenvalue weighted by Gasteiger charge is 2.24. The van der Waals surface area contributed by atoms with E-state index in [1.54, 1.807) is 6.20 Å². The van der Waals surface area contributed by atoms with Gasteiger partial charge in [-0.05, 0) is 37.5 Å². The highest BCUT2D eigenvalue weighted by molar-refractivity contribution is 9.10. The van der Waals surface area contributed by atoms with Gasteiger partial charge in [-0.2, -0.15) is 0 Å². The van der Waals surface area contributed by atoms with Crippen LogP contribution in [0, 0.1) is 6.92 Å². The summed E-state index contributed by atoms with van der Waals surface area (Å²) in [4.78, 5) is 18.5. The summed E-state index contributed by atoms with van der Waals surface area (Å²) in [5, 5.41) is 0. The van der Waals surface area contributed by atoms with Crippen LogP contribution in [0.3, 0.4) is 0 Å². The van der Waals surface area contributed by atoms with Crippen molar-refractivity contribution in [3.63, 3.8) is 0 Å². The molecule has 0 atom stereocenters. The molecule has 0 aliphatic carbocycles. The van der Waals surface area contributed by atoms with Gasteiger partial charge >= 0.3 is 0 Å². The average molecular weight is 348 g/mol. The number of aryl methyl sites for hydroxylation is 2. The molecule has 0 N–H and O–H groups in total. The highest BCUT2D eigenvalue weighted by atomic mass is 79.9. The Hall–Kier alpha value is -1.62. The van der Waals surface area contributed by atoms with Gasteiger partial charge in [-0.25, -0.2) is 4.98 Å². The molecule has 0 saturated carbocycles. The first kappa shape index (κ1) is 14.3. The van der Waals surface area contributed by atoms with Crippen molar-refractivity contribution in [3.05, 3.63) is 46.5 Å². The van der Waals surface area contributed by atoms with Gasteiger partial charge in [0.05, 0.1) is 0 Å². The Labute approximate surface area is 132 Å². The largest absolute Gasteiger partial charge is 0.335 e. The van der Waals surface area contributed by atoms with Gasteiger partial charge in [-0.15, -0.1) is 0 Å². The minimum Gasteiger partial charge on any atom is -0.335 e. The van der Waals surface area contributed by atoms with Gasteiger partial charge in [0.1, 0.15) is 5.82 Å². The van der Waals surface area contributed by atoms with Crippen molar-refractivity contribution in [2.75, 3.05) is 11.4 Å². The van der Waals surface area contributed by atoms with E-state index in [1.165, 1.54) is 5.56 Å². The fraction of sp³-hybridized carbons (Fsp3) is 0.375. The van der Waals surface area contributed by atoms with Crippen LogP contribution in [-0.4, -0.2) is 22.0 Å². The van der Waals surface area contributed by atoms with Gasteiger partial charge in [0.25, 0.3) is 0 Å². The van der Waals surface area contributed by atoms with E-state index in [2.05, 4.69) is 31.5 Å². The molecule has 1 aliphatic heterocycles. The number of rotatable bonds is 4. The lowest BCUT2D eigenvalue weighted by atomic mass is 10.2. The van der Waals surface area contributed by atoms with Crippen molar-refractivity contribution in [2.45, 2.75) is 32.7 Å². The molecule has 21 heavy (non-hydrogen) atoms. The lowest BCUT2D eigenvalue weighted by Gasteiger charge is -2.17. The molecule has 110 valence electrons. The van der Waals surface area contributed by atoms with Gasteiger partial charge in [0.2, 0.25) is 5.91 Å². The Balaban J connectivity index is 1.60. The summed E-state index contributed by atoms with van der Waals surface area (Å²) >= 11 is 3.48. The van der Waals surface area contributed by atoms with Gasteiger partial charge in [0, 0.05) is 42.1 Å². The Morgan fingerprint density at radius 1 is 1.43 bits per heavy atom. The molecule has 1 amide bonds. The molecule has 5 heteroatoms. The predicted molar refractivity (Wildman–Crippen MR) is 86.4 cm³/mol. The molecular weight excluding hydrogens is 330 g/mol. The van der Waals surface area contributed by atoms with Crippen LogP contribution in [0.4, 0.5) is 5.69 Å². The number of nitrogens with zero attached hydrogens (tertiary/aromatic N) is 3. The molecule has 2 aromatic rings. The number of anilines is 1. The monoisotopic (exact) mass is 347 g/mol. The third kappa shape index (κ3) is 3.02. The highest BCUT2D eigenvalue weighted by Crippen LogP contribution is 2.31. The third-order valence-electron chi connectivity index (χ3n) is 3.96. The second-order valence-electron chi connectivity index (χ2n) is 5.34. The Morgan fingerprint density at radius 2 is 2.29 bits per heavy atom. The quantitative estimate of drug-likeness (QED) is 0.850. The van der Waals surface area contributed by atoms with Crippen molar-refractivity contribution >= 4 is 27.5 Å². The van der Waals surface area contributed by atoms with E-state index < -0.39 is 0 Å². The zero-order valence-corrected chi connectivity index (χ0v) is 13.6. The maximum Gasteiger partial charge on any atom is 0.227 e. The Kier molecular flexibility index (Phi) is 4.10. The maximum absolute atomic E-state index is 12.4. The molecular formula is C16H18BrN3O. The molecule has 3 rings (SSSR count). The number of imidazole rings is 1. The van der Waals surface area contributed by atoms with Crippen LogP contribution in [0.1, 0.15) is 24.2 Å². The number of hydrogen-bond acceptors (Lipinski definition) is 2. The summed E-state index contributed by atoms with van der Waals surface area (Å²) in [5.74, 6) is 1.21. The van der Waals surface area contributed by atoms with Crippen LogP contribution in [0.5, 0.6) is 0 Å². The lowest BCUT2D eigenvalue weighted by Crippen LogP contribution is -2.28. The minimum atomic E-state index is 0.213. The van der Waals surface area contributed by atoms with E-state index >= 15 is 0 Å². The first-order valence-electron chi connectivity index (χ1n) is 7.21. The lowest BCUT2D eigenvalue weighted by molar-refractivity contribution is -0.118. The van der Waals surface area contributed by atoms with Crippen molar-refractivity contribution in [1.29, 1.82) is 0 Å². The van der Waals surface area contributed by atoms with E-state index in [4.69, 9.17) is 0 Å². The molecule has 0 radical (unpaired) electrons. The Bertz CT molecular complexity index is 665. The first-order valence-corrected chi connectivity index (χ1v) is 8.01. The molecule has 4 nitrogen and oxygen atoms in total. The smallest absolute Gasteiger partial charge is 0.227 e. The fourth-order valence-electron chi connectivity index (χ4n) is 2.79. The first-order chi connectivity index (χ1) is 10.1. The van der Waals surface area contributed by atoms with E-state index in [0.29, 0.717) is 6.42 Å². The normalized spacial score (nSPS) is 13.5. The summed E-state index contributed by atoms with van der Waals surface area (Å²) in [5.41, 5.74) is 2.32. The molecule has 1 aromatic carbocycles. The number of amides is 1. The number of benzene rings is 1. The van der Waals surface area contributed by atoms with Gasteiger partial charge in [-0.3, -0.25) is 4.79 Å². The number of aromatic nitrogens is 2. The van der Waals surface area contributed by atoms with Crippen LogP contribution in [0.2, 0.25) is 0 Å². The average Bonchev–Trinajstić information content (AvgIpc) is 3.05. The van der Waals surface area contributed by atoms with Crippen LogP contribution < -0.4 is 4.90 Å². The summed E-state index contributed by atoms with van der Waals surface area (Å²) in [7, 11) is 0. The topological polar surface area (TPSA) is 38.1 Å². The second kappa shape index (κ2) is 6.02. The minimum absolute atomic E-state index is 0.213. The van der Waals surface area contributed by atoms with Crippen LogP contribution >= 0.6 is 15.9 Å². The zero-order valence-electron chi connectivity index (χ0n) is 12.1. The van der Waals surface area contributed by atoms with Crippen LogP contribution in [0.15, 0.2) is 35.1 Å². The van der Waals surface area contributed by atoms with Gasteiger partial charge < -0.3 is 9.47 Å². The predicted octanol–water partition coefficient (Wildman–Crippen LogP) is 3.32. The van der Waals surface area contributed by atoms with Gasteiger partial charge in [-0.1, -0.05) is 22.0 Å². The van der Waals surface area contributed by atoms with Crippen molar-refractivity contribution in [3.8, 4) is 0 Å². The number of fused-ring (bicyclic) bond motifs is 1. The standard InChI is InChI=1S/C16H18BrN3O/c1-12-18-7-10-19(12)8-2-3-16(21)20-9-6-13-4-5-14(17)11-15(13)20/h4-5,7,10-11H,2-3,6,8-9H2,1H3. The number of halogens is 1. The van der Waals surface area contributed by atoms with Crippen molar-refractivity contribution in [2.24, 2.45) is 0 Å². The van der Waals surface area contributed by atoms with Gasteiger partial charge in [0.15, 0.2) is 0 Å². The fourth-order valence-corrected chi connectivity index (χ4v) is 3.14. The van der Waals surface area contributed by atoms with E-state index in [0.717, 1.165) is 41.9 Å². The SMILES string of the molecule is Cc1nccn1CCCC(=O)N1CCc2ccc(Br)cc21.